The van der Waals surface area contributed by atoms with E-state index in [1.807, 2.05) is 0 Å². The Kier molecular flexibility index (Phi) is 3.64. The van der Waals surface area contributed by atoms with E-state index in [0.717, 1.165) is 0 Å². The Morgan fingerprint density at radius 1 is 1.90 bits per heavy atom. The van der Waals surface area contributed by atoms with Crippen molar-refractivity contribution in [3.63, 3.8) is 0 Å². The van der Waals surface area contributed by atoms with Gasteiger partial charge in [-0.2, -0.15) is 0 Å². The molecule has 0 saturated heterocycles. The third-order valence-corrected chi connectivity index (χ3v) is 0.715. The maximum absolute atomic E-state index is 10.5. The van der Waals surface area contributed by atoms with Crippen molar-refractivity contribution in [3.8, 4) is 0 Å². The van der Waals surface area contributed by atoms with Crippen molar-refractivity contribution >= 4 is 5.97 Å². The summed E-state index contributed by atoms with van der Waals surface area (Å²) in [5.41, 5.74) is -0.512. The van der Waals surface area contributed by atoms with E-state index in [1.165, 1.54) is 0 Å². The van der Waals surface area contributed by atoms with Crippen LogP contribution < -0.4 is 0 Å². The standard InChI is InChI=1S/C5H6N2O3/c1-2-10-5(9)4(3-8)7-6/h3H,2H2,1H3/p+1. The largest absolute Gasteiger partial charge is 0.508 e. The third kappa shape index (κ3) is 2.13. The fourth-order valence-corrected chi connectivity index (χ4v) is 0.324. The lowest BCUT2D eigenvalue weighted by atomic mass is 10.5. The monoisotopic (exact) mass is 143 g/mol. The molecule has 0 rings (SSSR count). The Hall–Kier alpha value is -1.57. The van der Waals surface area contributed by atoms with Gasteiger partial charge in [0.15, 0.2) is 11.2 Å². The van der Waals surface area contributed by atoms with E-state index >= 15 is 0 Å². The molecule has 10 heavy (non-hydrogen) atoms. The number of hydrogen-bond donors (Lipinski definition) is 1. The molecule has 0 atom stereocenters. The topological polar surface area (TPSA) is 74.7 Å². The van der Waals surface area contributed by atoms with Gasteiger partial charge in [0.2, 0.25) is 5.39 Å². The molecule has 0 aliphatic rings. The van der Waals surface area contributed by atoms with Gasteiger partial charge in [-0.1, -0.05) is 0 Å². The molecule has 54 valence electrons. The van der Waals surface area contributed by atoms with E-state index in [2.05, 4.69) is 9.71 Å². The predicted molar refractivity (Wildman–Crippen MR) is 32.4 cm³/mol. The minimum Gasteiger partial charge on any atom is -0.508 e. The molecule has 0 saturated carbocycles. The first kappa shape index (κ1) is 8.43. The number of hydrogen-bond acceptors (Lipinski definition) is 4. The first-order chi connectivity index (χ1) is 4.76. The number of carbonyl (C=O) groups excluding carboxylic acids is 1. The normalized spacial score (nSPS) is 10.2. The van der Waals surface area contributed by atoms with Crippen molar-refractivity contribution in [2.24, 2.45) is 0 Å². The van der Waals surface area contributed by atoms with Crippen molar-refractivity contribution < 1.29 is 14.6 Å². The zero-order valence-electron chi connectivity index (χ0n) is 5.44. The molecule has 0 aromatic carbocycles. The van der Waals surface area contributed by atoms with Crippen LogP contribution in [0.25, 0.3) is 4.98 Å². The van der Waals surface area contributed by atoms with Crippen LogP contribution in [0.5, 0.6) is 0 Å². The van der Waals surface area contributed by atoms with Gasteiger partial charge in [-0.05, 0) is 6.92 Å². The Balaban J connectivity index is 4.08. The molecular formula is C5H7N2O3+. The van der Waals surface area contributed by atoms with Gasteiger partial charge in [-0.15, -0.1) is 0 Å². The maximum Gasteiger partial charge on any atom is 0.501 e. The molecule has 0 radical (unpaired) electrons. The summed E-state index contributed by atoms with van der Waals surface area (Å²) < 4.78 is 4.36. The predicted octanol–water partition coefficient (Wildman–Crippen LogP) is 0.802. The molecule has 1 N–H and O–H groups in total. The average molecular weight is 143 g/mol. The summed E-state index contributed by atoms with van der Waals surface area (Å²) in [4.78, 5) is 13.0. The van der Waals surface area contributed by atoms with E-state index < -0.39 is 11.7 Å². The summed E-state index contributed by atoms with van der Waals surface area (Å²) in [5.74, 6) is -0.854. The van der Waals surface area contributed by atoms with Gasteiger partial charge in [-0.3, -0.25) is 0 Å². The van der Waals surface area contributed by atoms with Gasteiger partial charge in [-0.25, -0.2) is 4.79 Å². The van der Waals surface area contributed by atoms with Crippen molar-refractivity contribution in [1.29, 1.82) is 5.39 Å². The third-order valence-electron chi connectivity index (χ3n) is 0.715. The zero-order chi connectivity index (χ0) is 7.98. The highest BCUT2D eigenvalue weighted by Gasteiger charge is 2.23. The second-order valence-corrected chi connectivity index (χ2v) is 1.33. The van der Waals surface area contributed by atoms with Gasteiger partial charge in [0.25, 0.3) is 0 Å². The molecule has 0 bridgehead atoms. The quantitative estimate of drug-likeness (QED) is 0.268. The van der Waals surface area contributed by atoms with E-state index in [-0.39, 0.29) is 6.61 Å². The smallest absolute Gasteiger partial charge is 0.501 e. The van der Waals surface area contributed by atoms with Gasteiger partial charge >= 0.3 is 11.7 Å². The fourth-order valence-electron chi connectivity index (χ4n) is 0.324. The van der Waals surface area contributed by atoms with Crippen LogP contribution in [0.15, 0.2) is 12.0 Å². The molecule has 0 aromatic rings. The maximum atomic E-state index is 10.5. The minimum absolute atomic E-state index is 0.172. The van der Waals surface area contributed by atoms with E-state index in [1.54, 1.807) is 6.92 Å². The van der Waals surface area contributed by atoms with Crippen LogP contribution in [0.4, 0.5) is 0 Å². The number of nitrogens with zero attached hydrogens (tertiary/aromatic N) is 2. The van der Waals surface area contributed by atoms with Crippen LogP contribution in [0.3, 0.4) is 0 Å². The second-order valence-electron chi connectivity index (χ2n) is 1.33. The molecular weight excluding hydrogens is 136 g/mol. The SMILES string of the molecule is CCOC(=O)/C(=C/O)[N+]#N. The molecule has 0 amide bonds. The summed E-state index contributed by atoms with van der Waals surface area (Å²) in [6, 6.07) is 0. The zero-order valence-corrected chi connectivity index (χ0v) is 5.44. The number of aliphatic hydroxyl groups is 1. The van der Waals surface area contributed by atoms with Crippen molar-refractivity contribution in [3.05, 3.63) is 16.9 Å². The highest BCUT2D eigenvalue weighted by molar-refractivity contribution is 5.89. The number of carbonyl (C=O) groups is 1. The molecule has 0 unspecified atom stereocenters. The van der Waals surface area contributed by atoms with Gasteiger partial charge in [0.1, 0.15) is 0 Å². The van der Waals surface area contributed by atoms with Crippen LogP contribution in [-0.4, -0.2) is 17.7 Å². The fraction of sp³-hybridized carbons (Fsp3) is 0.400. The highest BCUT2D eigenvalue weighted by atomic mass is 16.5. The highest BCUT2D eigenvalue weighted by Crippen LogP contribution is 1.97. The van der Waals surface area contributed by atoms with E-state index in [4.69, 9.17) is 10.5 Å². The summed E-state index contributed by atoms with van der Waals surface area (Å²) in [5, 5.41) is 16.2. The summed E-state index contributed by atoms with van der Waals surface area (Å²) in [6.45, 7) is 1.77. The summed E-state index contributed by atoms with van der Waals surface area (Å²) in [6.07, 6.45) is 0.373. The van der Waals surface area contributed by atoms with Gasteiger partial charge in [0.05, 0.1) is 6.61 Å². The van der Waals surface area contributed by atoms with Crippen molar-refractivity contribution in [1.82, 2.24) is 0 Å². The lowest BCUT2D eigenvalue weighted by Gasteiger charge is -1.89. The Labute approximate surface area is 57.5 Å². The Morgan fingerprint density at radius 3 is 2.80 bits per heavy atom. The molecule has 0 fully saturated rings. The average Bonchev–Trinajstić information content (AvgIpc) is 1.91. The number of rotatable bonds is 2. The Morgan fingerprint density at radius 2 is 2.50 bits per heavy atom. The van der Waals surface area contributed by atoms with Crippen molar-refractivity contribution in [2.75, 3.05) is 6.61 Å². The van der Waals surface area contributed by atoms with Crippen LogP contribution >= 0.6 is 0 Å². The van der Waals surface area contributed by atoms with E-state index in [0.29, 0.717) is 6.26 Å². The second kappa shape index (κ2) is 4.32. The van der Waals surface area contributed by atoms with Crippen LogP contribution in [-0.2, 0) is 9.53 Å². The number of ether oxygens (including phenoxy) is 1. The summed E-state index contributed by atoms with van der Waals surface area (Å²) >= 11 is 0. The molecule has 0 aliphatic carbocycles. The number of aliphatic hydroxyl groups excluding tert-OH is 1. The first-order valence-electron chi connectivity index (χ1n) is 2.62. The lowest BCUT2D eigenvalue weighted by molar-refractivity contribution is -0.138. The van der Waals surface area contributed by atoms with Gasteiger partial charge < -0.3 is 9.84 Å². The van der Waals surface area contributed by atoms with E-state index in [9.17, 15) is 4.79 Å². The summed E-state index contributed by atoms with van der Waals surface area (Å²) in [7, 11) is 0. The van der Waals surface area contributed by atoms with Crippen LogP contribution in [0, 0.1) is 5.39 Å². The van der Waals surface area contributed by atoms with Crippen LogP contribution in [0.2, 0.25) is 0 Å². The number of esters is 1. The molecule has 0 spiro atoms. The minimum atomic E-state index is -0.854. The molecule has 5 heteroatoms. The molecule has 5 nitrogen and oxygen atoms in total. The molecule has 0 aromatic heterocycles. The lowest BCUT2D eigenvalue weighted by Crippen LogP contribution is -2.04. The van der Waals surface area contributed by atoms with Crippen molar-refractivity contribution in [2.45, 2.75) is 6.92 Å². The molecule has 0 aliphatic heterocycles. The van der Waals surface area contributed by atoms with Crippen LogP contribution in [0.1, 0.15) is 6.92 Å². The Bertz CT molecular complexity index is 192. The first-order valence-corrected chi connectivity index (χ1v) is 2.62. The van der Waals surface area contributed by atoms with Gasteiger partial charge in [0, 0.05) is 0 Å². The number of diazo groups is 1. The molecule has 0 heterocycles.